The minimum atomic E-state index is 0.810. The number of hydrogen-bond acceptors (Lipinski definition) is 0. The molecule has 1 rings (SSSR count). The third-order valence-electron chi connectivity index (χ3n) is 4.42. The predicted molar refractivity (Wildman–Crippen MR) is 96.3 cm³/mol. The highest BCUT2D eigenvalue weighted by molar-refractivity contribution is 5.02. The second kappa shape index (κ2) is 15.1. The first-order chi connectivity index (χ1) is 9.70. The lowest BCUT2D eigenvalue weighted by Crippen LogP contribution is -2.26. The summed E-state index contributed by atoms with van der Waals surface area (Å²) < 4.78 is 0. The van der Waals surface area contributed by atoms with Crippen molar-refractivity contribution in [2.75, 3.05) is 0 Å². The zero-order valence-corrected chi connectivity index (χ0v) is 15.6. The van der Waals surface area contributed by atoms with Crippen LogP contribution in [0.15, 0.2) is 12.2 Å². The molecule has 2 atom stereocenters. The van der Waals surface area contributed by atoms with E-state index in [1.807, 2.05) is 27.7 Å². The maximum Gasteiger partial charge on any atom is -0.0152 e. The van der Waals surface area contributed by atoms with Gasteiger partial charge in [0.1, 0.15) is 0 Å². The summed E-state index contributed by atoms with van der Waals surface area (Å²) >= 11 is 0. The van der Waals surface area contributed by atoms with Crippen molar-refractivity contribution in [3.63, 3.8) is 0 Å². The molecule has 0 aromatic rings. The van der Waals surface area contributed by atoms with Crippen LogP contribution in [0.1, 0.15) is 99.8 Å². The Morgan fingerprint density at radius 2 is 1.50 bits per heavy atom. The van der Waals surface area contributed by atoms with Gasteiger partial charge in [0.15, 0.2) is 0 Å². The summed E-state index contributed by atoms with van der Waals surface area (Å²) in [4.78, 5) is 0. The topological polar surface area (TPSA) is 0 Å². The molecule has 0 saturated heterocycles. The Kier molecular flexibility index (Phi) is 16.7. The minimum Gasteiger partial charge on any atom is -0.0998 e. The standard InChI is InChI=1S/C16H30.2C2H6/c1-5-10-14(6-2)16(13(3)4)15-11-8-7-9-12-15;2*1-2/h14-16H,3,5-12H2,1-2,4H3;2*1-2H3. The van der Waals surface area contributed by atoms with E-state index in [-0.39, 0.29) is 0 Å². The van der Waals surface area contributed by atoms with Gasteiger partial charge >= 0.3 is 0 Å². The van der Waals surface area contributed by atoms with Crippen LogP contribution in [0.5, 0.6) is 0 Å². The van der Waals surface area contributed by atoms with Gasteiger partial charge in [-0.05, 0) is 37.5 Å². The number of rotatable bonds is 6. The van der Waals surface area contributed by atoms with E-state index in [0.29, 0.717) is 0 Å². The first kappa shape index (κ1) is 22.0. The lowest BCUT2D eigenvalue weighted by molar-refractivity contribution is 0.195. The van der Waals surface area contributed by atoms with Crippen LogP contribution in [0.4, 0.5) is 0 Å². The normalized spacial score (nSPS) is 17.9. The lowest BCUT2D eigenvalue weighted by atomic mass is 9.69. The average molecular weight is 283 g/mol. The van der Waals surface area contributed by atoms with Gasteiger partial charge in [-0.25, -0.2) is 0 Å². The molecule has 0 amide bonds. The van der Waals surface area contributed by atoms with Gasteiger partial charge in [-0.15, -0.1) is 0 Å². The molecule has 1 fully saturated rings. The summed E-state index contributed by atoms with van der Waals surface area (Å²) in [5, 5.41) is 0. The zero-order valence-electron chi connectivity index (χ0n) is 15.6. The van der Waals surface area contributed by atoms with Crippen molar-refractivity contribution in [1.82, 2.24) is 0 Å². The molecule has 1 aliphatic carbocycles. The molecular formula is C20H42. The van der Waals surface area contributed by atoms with Crippen LogP contribution in [0.2, 0.25) is 0 Å². The van der Waals surface area contributed by atoms with E-state index in [4.69, 9.17) is 0 Å². The van der Waals surface area contributed by atoms with Crippen molar-refractivity contribution < 1.29 is 0 Å². The van der Waals surface area contributed by atoms with Gasteiger partial charge < -0.3 is 0 Å². The Hall–Kier alpha value is -0.260. The molecule has 0 aliphatic heterocycles. The van der Waals surface area contributed by atoms with Gasteiger partial charge in [0.2, 0.25) is 0 Å². The molecule has 0 aromatic heterocycles. The van der Waals surface area contributed by atoms with E-state index in [1.54, 1.807) is 0 Å². The fourth-order valence-corrected chi connectivity index (χ4v) is 3.69. The molecule has 0 spiro atoms. The van der Waals surface area contributed by atoms with Gasteiger partial charge in [-0.2, -0.15) is 0 Å². The SMILES string of the molecule is C=C(C)C(C(CC)CCC)C1CCCCC1.CC.CC. The van der Waals surface area contributed by atoms with Crippen LogP contribution in [0.25, 0.3) is 0 Å². The summed E-state index contributed by atoms with van der Waals surface area (Å²) in [7, 11) is 0. The summed E-state index contributed by atoms with van der Waals surface area (Å²) in [6.07, 6.45) is 11.3. The predicted octanol–water partition coefficient (Wildman–Crippen LogP) is 7.64. The first-order valence-corrected chi connectivity index (χ1v) is 9.36. The molecule has 0 heterocycles. The van der Waals surface area contributed by atoms with E-state index in [0.717, 1.165) is 17.8 Å². The van der Waals surface area contributed by atoms with Crippen molar-refractivity contribution in [2.24, 2.45) is 17.8 Å². The monoisotopic (exact) mass is 282 g/mol. The van der Waals surface area contributed by atoms with E-state index < -0.39 is 0 Å². The summed E-state index contributed by atoms with van der Waals surface area (Å²) in [5.41, 5.74) is 1.45. The highest BCUT2D eigenvalue weighted by Gasteiger charge is 2.29. The Morgan fingerprint density at radius 3 is 1.85 bits per heavy atom. The first-order valence-electron chi connectivity index (χ1n) is 9.36. The van der Waals surface area contributed by atoms with Gasteiger partial charge in [-0.3, -0.25) is 0 Å². The van der Waals surface area contributed by atoms with Crippen molar-refractivity contribution in [1.29, 1.82) is 0 Å². The Balaban J connectivity index is 0. The Bertz CT molecular complexity index is 193. The number of allylic oxidation sites excluding steroid dienone is 1. The van der Waals surface area contributed by atoms with Crippen molar-refractivity contribution in [3.05, 3.63) is 12.2 Å². The van der Waals surface area contributed by atoms with Gasteiger partial charge in [0, 0.05) is 0 Å². The highest BCUT2D eigenvalue weighted by Crippen LogP contribution is 2.40. The molecule has 1 saturated carbocycles. The van der Waals surface area contributed by atoms with Crippen LogP contribution in [-0.4, -0.2) is 0 Å². The summed E-state index contributed by atoms with van der Waals surface area (Å²) in [6, 6.07) is 0. The Morgan fingerprint density at radius 1 is 1.00 bits per heavy atom. The van der Waals surface area contributed by atoms with E-state index >= 15 is 0 Å². The van der Waals surface area contributed by atoms with Crippen LogP contribution >= 0.6 is 0 Å². The third-order valence-corrected chi connectivity index (χ3v) is 4.42. The maximum absolute atomic E-state index is 4.28. The fraction of sp³-hybridized carbons (Fsp3) is 0.900. The molecular weight excluding hydrogens is 240 g/mol. The second-order valence-electron chi connectivity index (χ2n) is 5.73. The van der Waals surface area contributed by atoms with E-state index in [9.17, 15) is 0 Å². The quantitative estimate of drug-likeness (QED) is 0.439. The van der Waals surface area contributed by atoms with Crippen LogP contribution in [0.3, 0.4) is 0 Å². The van der Waals surface area contributed by atoms with E-state index in [1.165, 1.54) is 56.9 Å². The largest absolute Gasteiger partial charge is 0.0998 e. The van der Waals surface area contributed by atoms with E-state index in [2.05, 4.69) is 27.4 Å². The molecule has 0 aromatic carbocycles. The van der Waals surface area contributed by atoms with Crippen molar-refractivity contribution >= 4 is 0 Å². The molecule has 122 valence electrons. The van der Waals surface area contributed by atoms with Crippen LogP contribution in [-0.2, 0) is 0 Å². The smallest absolute Gasteiger partial charge is 0.0152 e. The van der Waals surface area contributed by atoms with Crippen molar-refractivity contribution in [3.8, 4) is 0 Å². The molecule has 2 unspecified atom stereocenters. The molecule has 0 bridgehead atoms. The highest BCUT2D eigenvalue weighted by atomic mass is 14.3. The molecule has 0 N–H and O–H groups in total. The Labute approximate surface area is 130 Å². The summed E-state index contributed by atoms with van der Waals surface area (Å²) in [5.74, 6) is 2.65. The average Bonchev–Trinajstić information content (AvgIpc) is 2.51. The molecule has 1 aliphatic rings. The minimum absolute atomic E-state index is 0.810. The number of hydrogen-bond donors (Lipinski definition) is 0. The van der Waals surface area contributed by atoms with Gasteiger partial charge in [0.25, 0.3) is 0 Å². The fourth-order valence-electron chi connectivity index (χ4n) is 3.69. The van der Waals surface area contributed by atoms with Crippen LogP contribution < -0.4 is 0 Å². The molecule has 0 radical (unpaired) electrons. The lowest BCUT2D eigenvalue weighted by Gasteiger charge is -2.36. The molecule has 20 heavy (non-hydrogen) atoms. The van der Waals surface area contributed by atoms with Gasteiger partial charge in [0.05, 0.1) is 0 Å². The summed E-state index contributed by atoms with van der Waals surface area (Å²) in [6.45, 7) is 19.2. The van der Waals surface area contributed by atoms with Crippen molar-refractivity contribution in [2.45, 2.75) is 99.8 Å². The van der Waals surface area contributed by atoms with Gasteiger partial charge in [-0.1, -0.05) is 92.2 Å². The maximum atomic E-state index is 4.28. The molecule has 0 heteroatoms. The zero-order chi connectivity index (χ0) is 16.0. The third kappa shape index (κ3) is 8.12. The van der Waals surface area contributed by atoms with Crippen LogP contribution in [0, 0.1) is 17.8 Å². The molecule has 0 nitrogen and oxygen atoms in total. The second-order valence-corrected chi connectivity index (χ2v) is 5.73.